The number of rotatable bonds is 17. The summed E-state index contributed by atoms with van der Waals surface area (Å²) in [4.78, 5) is 139. The molecule has 0 saturated carbocycles. The number of aromatic amines is 2. The first-order valence-electron chi connectivity index (χ1n) is 24.7. The number of nitrogens with zero attached hydrogens (tertiary/aromatic N) is 2. The lowest BCUT2D eigenvalue weighted by molar-refractivity contribution is -0.142. The van der Waals surface area contributed by atoms with Gasteiger partial charge in [0.05, 0.1) is 12.7 Å². The Hall–Kier alpha value is -8.31. The first-order chi connectivity index (χ1) is 35.5. The van der Waals surface area contributed by atoms with Gasteiger partial charge in [-0.1, -0.05) is 68.3 Å². The second kappa shape index (κ2) is 28.7. The summed E-state index contributed by atoms with van der Waals surface area (Å²) in [5.74, 6) is -7.80. The summed E-state index contributed by atoms with van der Waals surface area (Å²) in [5.41, 5.74) is 13.5. The maximum atomic E-state index is 14.7. The first-order valence-corrected chi connectivity index (χ1v) is 24.7. The van der Waals surface area contributed by atoms with Gasteiger partial charge in [0.15, 0.2) is 5.96 Å². The number of aliphatic imine (C=N–C) groups is 1. The van der Waals surface area contributed by atoms with Crippen LogP contribution in [0.2, 0.25) is 0 Å². The van der Waals surface area contributed by atoms with Crippen LogP contribution in [-0.2, 0) is 62.4 Å². The van der Waals surface area contributed by atoms with Crippen LogP contribution in [0, 0.1) is 0 Å². The molecular weight excluding hydrogens is 957 g/mol. The van der Waals surface area contributed by atoms with Gasteiger partial charge in [-0.05, 0) is 55.7 Å². The van der Waals surface area contributed by atoms with Crippen molar-refractivity contribution in [2.24, 2.45) is 16.5 Å². The van der Waals surface area contributed by atoms with Crippen molar-refractivity contribution >= 4 is 70.1 Å². The van der Waals surface area contributed by atoms with E-state index in [4.69, 9.17) is 11.5 Å². The zero-order valence-electron chi connectivity index (χ0n) is 41.5. The number of carbonyl (C=O) groups excluding carboxylic acids is 8. The number of aliphatic carboxylic acids is 1. The summed E-state index contributed by atoms with van der Waals surface area (Å²) in [7, 11) is 0. The van der Waals surface area contributed by atoms with Gasteiger partial charge in [-0.3, -0.25) is 43.3 Å². The monoisotopic (exact) mass is 1020 g/mol. The van der Waals surface area contributed by atoms with Gasteiger partial charge in [0.1, 0.15) is 42.3 Å². The molecule has 2 aromatic heterocycles. The van der Waals surface area contributed by atoms with E-state index in [2.05, 4.69) is 62.5 Å². The van der Waals surface area contributed by atoms with Gasteiger partial charge in [0.2, 0.25) is 47.3 Å². The van der Waals surface area contributed by atoms with E-state index in [-0.39, 0.29) is 76.8 Å². The Labute approximate surface area is 427 Å². The van der Waals surface area contributed by atoms with Crippen molar-refractivity contribution in [1.29, 1.82) is 0 Å². The number of fused-ring (bicyclic) bond motifs is 1. The molecule has 24 nitrogen and oxygen atoms in total. The van der Waals surface area contributed by atoms with Crippen LogP contribution in [-0.4, -0.2) is 135 Å². The van der Waals surface area contributed by atoms with Crippen LogP contribution < -0.4 is 54.0 Å². The van der Waals surface area contributed by atoms with E-state index >= 15 is 0 Å². The molecule has 2 aromatic carbocycles. The lowest BCUT2D eigenvalue weighted by Crippen LogP contribution is -2.61. The molecule has 0 radical (unpaired) electrons. The molecule has 24 heteroatoms. The molecule has 0 spiro atoms. The fourth-order valence-corrected chi connectivity index (χ4v) is 8.37. The van der Waals surface area contributed by atoms with Gasteiger partial charge in [-0.25, -0.2) is 9.78 Å². The Morgan fingerprint density at radius 1 is 0.784 bits per heavy atom. The normalized spacial score (nSPS) is 21.3. The molecular formula is C50H68N14O10. The van der Waals surface area contributed by atoms with Gasteiger partial charge in [-0.15, -0.1) is 0 Å². The van der Waals surface area contributed by atoms with E-state index in [1.165, 1.54) is 19.4 Å². The SMILES string of the molecule is CCCC[C@H](NC(C)=O)C(=O)N[C@H]1CC(=O)NCCCC[C@@H](C(=O)O)NC(=O)[C@@H](Cc2c[nH]c3ccccc23)NC(=O)[C@H](CCCN=C(N)N)NC(=O)[C@@H](Cc2ccccc2)NC(=O)[C@H](Cc2cnc[nH]2)NC1=O. The molecule has 5 rings (SSSR count). The topological polar surface area (TPSA) is 379 Å². The Morgan fingerprint density at radius 2 is 1.43 bits per heavy atom. The fraction of sp³-hybridized carbons (Fsp3) is 0.460. The van der Waals surface area contributed by atoms with Crippen LogP contribution in [0.15, 0.2) is 78.3 Å². The second-order valence-electron chi connectivity index (χ2n) is 18.1. The number of imidazole rings is 1. The van der Waals surface area contributed by atoms with E-state index in [0.717, 1.165) is 10.9 Å². The Kier molecular flexibility index (Phi) is 21.9. The number of nitrogens with two attached hydrogens (primary N) is 2. The Bertz CT molecular complexity index is 2580. The molecule has 398 valence electrons. The van der Waals surface area contributed by atoms with Gasteiger partial charge >= 0.3 is 5.97 Å². The average molecular weight is 1030 g/mol. The molecule has 0 aliphatic carbocycles. The molecule has 1 aliphatic heterocycles. The number of aromatic nitrogens is 3. The highest BCUT2D eigenvalue weighted by Gasteiger charge is 2.35. The number of amides is 8. The molecule has 0 bridgehead atoms. The standard InChI is InChI=1S/C50H68N14O10/c1-3-4-16-35(58-29(2)65)43(67)64-41-25-42(66)54-20-11-10-18-37(49(73)74)60-46(70)39(23-31-26-56-34-17-9-8-15-33(31)34)62-44(68)36(19-12-21-55-50(51)52)59-45(69)38(22-30-13-6-5-7-14-30)61-47(71)40(63-48(41)72)24-32-27-53-28-57-32/h5-9,13-15,17,26-28,35-41,56H,3-4,10-12,16,18-25H2,1-2H3,(H,53,57)(H,54,66)(H,58,65)(H,59,69)(H,60,70)(H,61,71)(H,62,68)(H,63,72)(H,64,67)(H,73,74)(H4,51,52,55)/t35-,36-,37-,38+,39+,40-,41-/m0/s1. The third-order valence-electron chi connectivity index (χ3n) is 12.3. The third kappa shape index (κ3) is 18.1. The van der Waals surface area contributed by atoms with Crippen LogP contribution in [0.1, 0.15) is 88.5 Å². The van der Waals surface area contributed by atoms with Crippen molar-refractivity contribution in [1.82, 2.24) is 57.5 Å². The number of benzene rings is 2. The molecule has 1 aliphatic rings. The van der Waals surface area contributed by atoms with E-state index in [1.807, 2.05) is 25.1 Å². The number of para-hydroxylation sites is 1. The van der Waals surface area contributed by atoms with Crippen LogP contribution >= 0.6 is 0 Å². The molecule has 0 unspecified atom stereocenters. The van der Waals surface area contributed by atoms with Crippen molar-refractivity contribution in [2.45, 2.75) is 133 Å². The summed E-state index contributed by atoms with van der Waals surface area (Å²) in [6, 6.07) is 6.21. The second-order valence-corrected chi connectivity index (χ2v) is 18.1. The Balaban J connectivity index is 1.55. The molecule has 7 atom stereocenters. The molecule has 1 fully saturated rings. The van der Waals surface area contributed by atoms with E-state index in [1.54, 1.807) is 42.6 Å². The predicted octanol–water partition coefficient (Wildman–Crippen LogP) is -0.649. The van der Waals surface area contributed by atoms with Crippen molar-refractivity contribution < 1.29 is 48.3 Å². The first kappa shape index (κ1) is 56.6. The maximum absolute atomic E-state index is 14.7. The smallest absolute Gasteiger partial charge is 0.326 e. The predicted molar refractivity (Wildman–Crippen MR) is 272 cm³/mol. The minimum Gasteiger partial charge on any atom is -0.480 e. The van der Waals surface area contributed by atoms with Gasteiger partial charge in [-0.2, -0.15) is 0 Å². The van der Waals surface area contributed by atoms with Crippen LogP contribution in [0.25, 0.3) is 10.9 Å². The van der Waals surface area contributed by atoms with E-state index in [0.29, 0.717) is 29.7 Å². The average Bonchev–Trinajstić information content (AvgIpc) is 4.04. The van der Waals surface area contributed by atoms with Gasteiger partial charge in [0.25, 0.3) is 0 Å². The molecule has 74 heavy (non-hydrogen) atoms. The largest absolute Gasteiger partial charge is 0.480 e. The van der Waals surface area contributed by atoms with Crippen molar-refractivity contribution in [3.63, 3.8) is 0 Å². The summed E-state index contributed by atoms with van der Waals surface area (Å²) < 4.78 is 0. The minimum absolute atomic E-state index is 0.00489. The summed E-state index contributed by atoms with van der Waals surface area (Å²) in [6.45, 7) is 3.19. The van der Waals surface area contributed by atoms with Crippen LogP contribution in [0.3, 0.4) is 0 Å². The maximum Gasteiger partial charge on any atom is 0.326 e. The number of nitrogens with one attached hydrogen (secondary N) is 10. The number of guanidine groups is 1. The number of H-pyrrole nitrogens is 2. The fourth-order valence-electron chi connectivity index (χ4n) is 8.37. The van der Waals surface area contributed by atoms with Crippen LogP contribution in [0.4, 0.5) is 0 Å². The number of hydrogen-bond donors (Lipinski definition) is 13. The third-order valence-corrected chi connectivity index (χ3v) is 12.3. The van der Waals surface area contributed by atoms with E-state index in [9.17, 15) is 48.3 Å². The molecule has 15 N–H and O–H groups in total. The van der Waals surface area contributed by atoms with Crippen molar-refractivity contribution in [3.05, 3.63) is 90.1 Å². The summed E-state index contributed by atoms with van der Waals surface area (Å²) in [5, 5.41) is 32.3. The quantitative estimate of drug-likeness (QED) is 0.0356. The highest BCUT2D eigenvalue weighted by molar-refractivity contribution is 5.99. The van der Waals surface area contributed by atoms with Crippen molar-refractivity contribution in [2.75, 3.05) is 13.1 Å². The summed E-state index contributed by atoms with van der Waals surface area (Å²) >= 11 is 0. The highest BCUT2D eigenvalue weighted by Crippen LogP contribution is 2.20. The van der Waals surface area contributed by atoms with Crippen molar-refractivity contribution in [3.8, 4) is 0 Å². The zero-order chi connectivity index (χ0) is 53.6. The molecule has 1 saturated heterocycles. The number of carbonyl (C=O) groups is 9. The molecule has 8 amide bonds. The number of carboxylic acids is 1. The van der Waals surface area contributed by atoms with E-state index < -0.39 is 102 Å². The Morgan fingerprint density at radius 3 is 2.11 bits per heavy atom. The molecule has 3 heterocycles. The van der Waals surface area contributed by atoms with Crippen LogP contribution in [0.5, 0.6) is 0 Å². The minimum atomic E-state index is -1.59. The zero-order valence-corrected chi connectivity index (χ0v) is 41.5. The lowest BCUT2D eigenvalue weighted by atomic mass is 10.0. The highest BCUT2D eigenvalue weighted by atomic mass is 16.4. The summed E-state index contributed by atoms with van der Waals surface area (Å²) in [6.07, 6.45) is 5.28. The number of hydrogen-bond acceptors (Lipinski definition) is 11. The molecule has 4 aromatic rings. The number of unbranched alkanes of at least 4 members (excludes halogenated alkanes) is 1. The number of carboxylic acid groups (broad SMARTS) is 1. The van der Waals surface area contributed by atoms with Gasteiger partial charge in [0, 0.05) is 68.3 Å². The van der Waals surface area contributed by atoms with Gasteiger partial charge < -0.3 is 69.1 Å². The lowest BCUT2D eigenvalue weighted by Gasteiger charge is -2.28.